The van der Waals surface area contributed by atoms with Crippen molar-refractivity contribution in [1.29, 1.82) is 0 Å². The second-order valence-corrected chi connectivity index (χ2v) is 19.4. The zero-order valence-corrected chi connectivity index (χ0v) is 41.4. The lowest BCUT2D eigenvalue weighted by Crippen LogP contribution is -2.50. The molecule has 3 atom stereocenters. The highest BCUT2D eigenvalue weighted by atomic mass is 79.9. The average molecular weight is 1030 g/mol. The predicted molar refractivity (Wildman–Crippen MR) is 262 cm³/mol. The van der Waals surface area contributed by atoms with Gasteiger partial charge in [-0.2, -0.15) is 5.06 Å². The Morgan fingerprint density at radius 2 is 1.35 bits per heavy atom. The maximum absolute atomic E-state index is 12.2. The molecule has 4 heterocycles. The first kappa shape index (κ1) is 52.6. The smallest absolute Gasteiger partial charge is 0.320 e. The number of rotatable bonds is 21. The number of ether oxygens (including phenoxy) is 3. The van der Waals surface area contributed by atoms with Gasteiger partial charge in [0.15, 0.2) is 6.29 Å². The highest BCUT2D eigenvalue weighted by molar-refractivity contribution is 9.10. The zero-order valence-electron chi connectivity index (χ0n) is 39.8. The van der Waals surface area contributed by atoms with Gasteiger partial charge >= 0.3 is 17.9 Å². The first-order chi connectivity index (χ1) is 33.4. The number of piperazine rings is 1. The third kappa shape index (κ3) is 16.4. The van der Waals surface area contributed by atoms with Gasteiger partial charge in [-0.15, -0.1) is 0 Å². The third-order valence-corrected chi connectivity index (χ3v) is 14.2. The largest absolute Gasteiger partial charge is 0.493 e. The van der Waals surface area contributed by atoms with Crippen LogP contribution in [0.3, 0.4) is 0 Å². The number of nitrogens with zero attached hydrogens (tertiary/aromatic N) is 7. The molecule has 378 valence electrons. The van der Waals surface area contributed by atoms with Gasteiger partial charge in [0.2, 0.25) is 0 Å². The topological polar surface area (TPSA) is 195 Å². The fraction of sp³-hybridized carbons (Fsp3) is 0.580. The van der Waals surface area contributed by atoms with Crippen LogP contribution in [0.25, 0.3) is 11.1 Å². The monoisotopic (exact) mass is 1020 g/mol. The molecule has 19 heteroatoms. The van der Waals surface area contributed by atoms with Crippen molar-refractivity contribution < 1.29 is 53.9 Å². The van der Waals surface area contributed by atoms with E-state index >= 15 is 0 Å². The minimum absolute atomic E-state index is 0.138. The van der Waals surface area contributed by atoms with Crippen LogP contribution in [0.2, 0.25) is 0 Å². The van der Waals surface area contributed by atoms with Gasteiger partial charge in [-0.05, 0) is 77.0 Å². The lowest BCUT2D eigenvalue weighted by molar-refractivity contribution is -0.198. The standard InChI is InChI=1S/C50H70BrN7O11/c1-37-39(11-7-12-41(37)38-9-3-2-4-10-38)35-67-45-30-44(40(29-42(45)51)31-57-15-6-5-13-43(57)49(63)64)66-28-8-14-52-16-22-56(23-17-52)36-68-58-26-24-53(32-46-50(65)69-46)18-19-54(33-47(59)60)20-21-55(25-27-58)34-48(61)62/h2-4,7,9-12,29-30,43,46,50,65H,5-6,8,13-28,31-36H2,1H3,(H,59,60)(H,61,62)(H,63,64)/t43-,46?,50?/m0/s1. The van der Waals surface area contributed by atoms with Crippen LogP contribution in [0.4, 0.5) is 0 Å². The molecule has 4 aliphatic heterocycles. The van der Waals surface area contributed by atoms with E-state index in [1.165, 1.54) is 0 Å². The average Bonchev–Trinajstić information content (AvgIpc) is 4.04. The van der Waals surface area contributed by atoms with Gasteiger partial charge in [0.25, 0.3) is 0 Å². The number of epoxide rings is 1. The molecule has 0 spiro atoms. The molecular weight excluding hydrogens is 954 g/mol. The van der Waals surface area contributed by atoms with Crippen LogP contribution in [0.5, 0.6) is 11.5 Å². The molecule has 4 N–H and O–H groups in total. The van der Waals surface area contributed by atoms with Crippen LogP contribution >= 0.6 is 15.9 Å². The summed E-state index contributed by atoms with van der Waals surface area (Å²) in [5, 5.41) is 40.9. The van der Waals surface area contributed by atoms with E-state index in [1.807, 2.05) is 50.1 Å². The fourth-order valence-corrected chi connectivity index (χ4v) is 9.88. The molecule has 4 fully saturated rings. The molecule has 0 bridgehead atoms. The van der Waals surface area contributed by atoms with Crippen LogP contribution in [-0.4, -0.2) is 216 Å². The highest BCUT2D eigenvalue weighted by Gasteiger charge is 2.38. The molecule has 3 aromatic rings. The molecule has 0 saturated carbocycles. The SMILES string of the molecule is Cc1c(COc2cc(OCCCN3CCN(CON4CCN(CC(=O)O)CCN(CC(=O)O)CCN(CC5OC5O)CC4)CC3)c(CN3CCCC[C@H]3C(=O)O)cc2Br)cccc1-c1ccccc1. The van der Waals surface area contributed by atoms with Crippen LogP contribution < -0.4 is 9.47 Å². The van der Waals surface area contributed by atoms with Crippen molar-refractivity contribution in [1.82, 2.24) is 34.5 Å². The van der Waals surface area contributed by atoms with E-state index in [-0.39, 0.29) is 19.2 Å². The molecule has 0 amide bonds. The van der Waals surface area contributed by atoms with Crippen molar-refractivity contribution in [3.8, 4) is 22.6 Å². The zero-order chi connectivity index (χ0) is 48.7. The maximum Gasteiger partial charge on any atom is 0.320 e. The number of likely N-dealkylation sites (tertiary alicyclic amines) is 1. The first-order valence-electron chi connectivity index (χ1n) is 24.3. The number of aliphatic carboxylic acids is 3. The molecule has 7 rings (SSSR count). The lowest BCUT2D eigenvalue weighted by Gasteiger charge is -2.36. The maximum atomic E-state index is 12.2. The van der Waals surface area contributed by atoms with E-state index in [1.54, 1.807) is 0 Å². The van der Waals surface area contributed by atoms with Crippen molar-refractivity contribution in [3.05, 3.63) is 81.8 Å². The summed E-state index contributed by atoms with van der Waals surface area (Å²) in [5.41, 5.74) is 5.47. The van der Waals surface area contributed by atoms with Crippen molar-refractivity contribution in [2.75, 3.05) is 125 Å². The number of benzene rings is 3. The van der Waals surface area contributed by atoms with E-state index in [0.717, 1.165) is 84.3 Å². The Balaban J connectivity index is 0.919. The van der Waals surface area contributed by atoms with Crippen molar-refractivity contribution in [2.24, 2.45) is 0 Å². The number of halogens is 1. The van der Waals surface area contributed by atoms with Gasteiger partial charge in [-0.1, -0.05) is 55.0 Å². The summed E-state index contributed by atoms with van der Waals surface area (Å²) in [6, 6.07) is 20.0. The highest BCUT2D eigenvalue weighted by Crippen LogP contribution is 2.36. The molecular formula is C50H70BrN7O11. The molecule has 2 unspecified atom stereocenters. The molecule has 0 aliphatic carbocycles. The Labute approximate surface area is 413 Å². The number of aliphatic hydroxyl groups excluding tert-OH is 1. The fourth-order valence-electron chi connectivity index (χ4n) is 9.38. The quantitative estimate of drug-likeness (QED) is 0.0888. The summed E-state index contributed by atoms with van der Waals surface area (Å²) in [4.78, 5) is 54.5. The van der Waals surface area contributed by atoms with Gasteiger partial charge in [-0.3, -0.25) is 43.7 Å². The van der Waals surface area contributed by atoms with Crippen LogP contribution in [0.15, 0.2) is 65.1 Å². The third-order valence-electron chi connectivity index (χ3n) is 13.6. The number of hydroxylamine groups is 2. The Morgan fingerprint density at radius 1 is 0.710 bits per heavy atom. The molecule has 0 aromatic heterocycles. The van der Waals surface area contributed by atoms with E-state index in [0.29, 0.717) is 110 Å². The van der Waals surface area contributed by atoms with Crippen LogP contribution in [0, 0.1) is 6.92 Å². The normalized spacial score (nSPS) is 22.4. The first-order valence-corrected chi connectivity index (χ1v) is 25.1. The summed E-state index contributed by atoms with van der Waals surface area (Å²) in [6.07, 6.45) is 2.21. The predicted octanol–water partition coefficient (Wildman–Crippen LogP) is 3.83. The number of carboxylic acid groups (broad SMARTS) is 3. The second-order valence-electron chi connectivity index (χ2n) is 18.5. The summed E-state index contributed by atoms with van der Waals surface area (Å²) in [7, 11) is 0. The molecule has 4 aliphatic rings. The van der Waals surface area contributed by atoms with Crippen molar-refractivity contribution in [3.63, 3.8) is 0 Å². The van der Waals surface area contributed by atoms with E-state index < -0.39 is 30.2 Å². The number of aliphatic hydroxyl groups is 1. The Bertz CT molecular complexity index is 2130. The Hall–Kier alpha value is -4.25. The van der Waals surface area contributed by atoms with Gasteiger partial charge < -0.3 is 39.5 Å². The molecule has 69 heavy (non-hydrogen) atoms. The lowest BCUT2D eigenvalue weighted by atomic mass is 9.97. The molecule has 4 saturated heterocycles. The van der Waals surface area contributed by atoms with Gasteiger partial charge in [0, 0.05) is 110 Å². The second kappa shape index (κ2) is 26.3. The van der Waals surface area contributed by atoms with Crippen molar-refractivity contribution in [2.45, 2.75) is 64.2 Å². The summed E-state index contributed by atoms with van der Waals surface area (Å²) >= 11 is 3.77. The van der Waals surface area contributed by atoms with Crippen molar-refractivity contribution >= 4 is 33.8 Å². The van der Waals surface area contributed by atoms with E-state index in [2.05, 4.69) is 67.9 Å². The number of hydrogen-bond donors (Lipinski definition) is 4. The van der Waals surface area contributed by atoms with Crippen LogP contribution in [-0.2, 0) is 37.1 Å². The minimum atomic E-state index is -0.939. The number of carbonyl (C=O) groups is 3. The molecule has 18 nitrogen and oxygen atoms in total. The van der Waals surface area contributed by atoms with Crippen LogP contribution in [0.1, 0.15) is 42.4 Å². The van der Waals surface area contributed by atoms with Gasteiger partial charge in [-0.25, -0.2) is 0 Å². The van der Waals surface area contributed by atoms with E-state index in [9.17, 15) is 34.8 Å². The number of piperidine rings is 1. The Morgan fingerprint density at radius 3 is 2.01 bits per heavy atom. The Kier molecular flexibility index (Phi) is 20.0. The number of hydrogen-bond acceptors (Lipinski definition) is 15. The number of carboxylic acids is 3. The van der Waals surface area contributed by atoms with E-state index in [4.69, 9.17) is 19.0 Å². The summed E-state index contributed by atoms with van der Waals surface area (Å²) in [5.74, 6) is -1.32. The van der Waals surface area contributed by atoms with Gasteiger partial charge in [0.05, 0.1) is 24.2 Å². The molecule has 3 aromatic carbocycles. The summed E-state index contributed by atoms with van der Waals surface area (Å²) in [6.45, 7) is 12.9. The summed E-state index contributed by atoms with van der Waals surface area (Å²) < 4.78 is 19.1. The molecule has 0 radical (unpaired) electrons. The minimum Gasteiger partial charge on any atom is -0.493 e. The van der Waals surface area contributed by atoms with Gasteiger partial charge in [0.1, 0.15) is 37.0 Å².